The number of anilines is 1. The molecule has 0 saturated heterocycles. The summed E-state index contributed by atoms with van der Waals surface area (Å²) in [5.41, 5.74) is 1.83. The van der Waals surface area contributed by atoms with Crippen molar-refractivity contribution < 1.29 is 14.4 Å². The van der Waals surface area contributed by atoms with E-state index in [0.717, 1.165) is 35.3 Å². The lowest BCUT2D eigenvalue weighted by molar-refractivity contribution is -0.858. The first-order valence-electron chi connectivity index (χ1n) is 10.6. The lowest BCUT2D eigenvalue weighted by Gasteiger charge is -2.23. The molecule has 1 heterocycles. The van der Waals surface area contributed by atoms with E-state index in [2.05, 4.69) is 24.4 Å². The Kier molecular flexibility index (Phi) is 7.67. The fourth-order valence-electron chi connectivity index (χ4n) is 3.41. The number of hydrogen-bond acceptors (Lipinski definition) is 3. The Balaban J connectivity index is 1.84. The molecule has 7 nitrogen and oxygen atoms in total. The largest absolute Gasteiger partial charge is 0.494 e. The van der Waals surface area contributed by atoms with Gasteiger partial charge in [-0.25, -0.2) is 4.79 Å². The molecular weight excluding hydrogens is 392 g/mol. The molecule has 31 heavy (non-hydrogen) atoms. The molecule has 0 aliphatic carbocycles. The van der Waals surface area contributed by atoms with Crippen molar-refractivity contribution in [3.63, 3.8) is 0 Å². The van der Waals surface area contributed by atoms with E-state index in [9.17, 15) is 9.59 Å². The Bertz CT molecular complexity index is 1060. The summed E-state index contributed by atoms with van der Waals surface area (Å²) in [6.45, 7) is 4.22. The van der Waals surface area contributed by atoms with E-state index in [1.807, 2.05) is 61.5 Å². The topological polar surface area (TPSA) is 78.9 Å². The first kappa shape index (κ1) is 22.4. The van der Waals surface area contributed by atoms with Crippen LogP contribution in [0.2, 0.25) is 0 Å². The van der Waals surface area contributed by atoms with Gasteiger partial charge in [-0.15, -0.1) is 0 Å². The molecule has 164 valence electrons. The Labute approximate surface area is 182 Å². The molecule has 7 heteroatoms. The van der Waals surface area contributed by atoms with Crippen LogP contribution in [0.25, 0.3) is 10.9 Å². The van der Waals surface area contributed by atoms with E-state index < -0.39 is 0 Å². The van der Waals surface area contributed by atoms with Crippen molar-refractivity contribution in [2.24, 2.45) is 0 Å². The summed E-state index contributed by atoms with van der Waals surface area (Å²) in [5.74, 6) is 0.751. The van der Waals surface area contributed by atoms with E-state index in [0.29, 0.717) is 18.7 Å². The van der Waals surface area contributed by atoms with Crippen molar-refractivity contribution in [2.75, 3.05) is 39.1 Å². The van der Waals surface area contributed by atoms with Crippen molar-refractivity contribution in [2.45, 2.75) is 19.9 Å². The maximum Gasteiger partial charge on any atom is 0.322 e. The minimum Gasteiger partial charge on any atom is -0.494 e. The number of pyridine rings is 1. The fourth-order valence-corrected chi connectivity index (χ4v) is 3.41. The first-order valence-corrected chi connectivity index (χ1v) is 10.6. The summed E-state index contributed by atoms with van der Waals surface area (Å²) in [4.78, 5) is 31.6. The summed E-state index contributed by atoms with van der Waals surface area (Å²) in [6.07, 6.45) is 0.838. The van der Waals surface area contributed by atoms with Gasteiger partial charge in [-0.1, -0.05) is 18.2 Å². The van der Waals surface area contributed by atoms with Crippen LogP contribution in [0.5, 0.6) is 5.75 Å². The van der Waals surface area contributed by atoms with Crippen molar-refractivity contribution >= 4 is 22.6 Å². The zero-order valence-corrected chi connectivity index (χ0v) is 18.4. The van der Waals surface area contributed by atoms with Gasteiger partial charge in [0.1, 0.15) is 5.75 Å². The number of aromatic nitrogens is 1. The van der Waals surface area contributed by atoms with Crippen LogP contribution in [-0.2, 0) is 6.54 Å². The number of carbonyl (C=O) groups excluding carboxylic acids is 1. The number of carbonyl (C=O) groups is 1. The van der Waals surface area contributed by atoms with Crippen LogP contribution in [0.1, 0.15) is 18.9 Å². The molecule has 0 unspecified atom stereocenters. The predicted molar refractivity (Wildman–Crippen MR) is 124 cm³/mol. The smallest absolute Gasteiger partial charge is 0.322 e. The molecule has 3 N–H and O–H groups in total. The molecule has 0 radical (unpaired) electrons. The number of benzene rings is 2. The molecular formula is C24H31N4O3+. The second kappa shape index (κ2) is 10.6. The van der Waals surface area contributed by atoms with Crippen LogP contribution in [0.4, 0.5) is 10.5 Å². The SMILES string of the molecule is CCOc1ccc2[nH]c(=O)c(CN(CCC[NH+](C)C)C(=O)Nc3ccccc3)cc2c1. The number of aromatic amines is 1. The highest BCUT2D eigenvalue weighted by Gasteiger charge is 2.17. The second-order valence-corrected chi connectivity index (χ2v) is 7.83. The van der Waals surface area contributed by atoms with Crippen molar-refractivity contribution in [1.29, 1.82) is 0 Å². The highest BCUT2D eigenvalue weighted by Crippen LogP contribution is 2.20. The van der Waals surface area contributed by atoms with Crippen LogP contribution < -0.4 is 20.5 Å². The number of para-hydroxylation sites is 1. The van der Waals surface area contributed by atoms with Crippen molar-refractivity contribution in [3.05, 3.63) is 70.5 Å². The third-order valence-electron chi connectivity index (χ3n) is 4.98. The highest BCUT2D eigenvalue weighted by atomic mass is 16.5. The van der Waals surface area contributed by atoms with Gasteiger partial charge in [-0.2, -0.15) is 0 Å². The molecule has 0 saturated carbocycles. The maximum absolute atomic E-state index is 13.0. The van der Waals surface area contributed by atoms with Crippen LogP contribution in [0.15, 0.2) is 59.4 Å². The molecule has 0 bridgehead atoms. The summed E-state index contributed by atoms with van der Waals surface area (Å²) in [5, 5.41) is 3.81. The number of quaternary nitrogens is 1. The van der Waals surface area contributed by atoms with Crippen molar-refractivity contribution in [1.82, 2.24) is 9.88 Å². The van der Waals surface area contributed by atoms with Gasteiger partial charge >= 0.3 is 6.03 Å². The number of fused-ring (bicyclic) bond motifs is 1. The van der Waals surface area contributed by atoms with Gasteiger partial charge in [0.25, 0.3) is 5.56 Å². The van der Waals surface area contributed by atoms with Gasteiger partial charge in [0, 0.05) is 35.1 Å². The number of rotatable bonds is 9. The van der Waals surface area contributed by atoms with E-state index in [4.69, 9.17) is 4.74 Å². The average molecular weight is 424 g/mol. The van der Waals surface area contributed by atoms with E-state index in [-0.39, 0.29) is 18.1 Å². The second-order valence-electron chi connectivity index (χ2n) is 7.83. The lowest BCUT2D eigenvalue weighted by atomic mass is 10.1. The van der Waals surface area contributed by atoms with Gasteiger partial charge in [0.2, 0.25) is 0 Å². The summed E-state index contributed by atoms with van der Waals surface area (Å²) in [6, 6.07) is 16.5. The maximum atomic E-state index is 13.0. The zero-order chi connectivity index (χ0) is 22.2. The number of urea groups is 1. The number of nitrogens with one attached hydrogen (secondary N) is 3. The van der Waals surface area contributed by atoms with Crippen LogP contribution in [0, 0.1) is 0 Å². The summed E-state index contributed by atoms with van der Waals surface area (Å²) < 4.78 is 5.58. The van der Waals surface area contributed by atoms with Gasteiger partial charge in [0.15, 0.2) is 0 Å². The Morgan fingerprint density at radius 3 is 2.61 bits per heavy atom. The summed E-state index contributed by atoms with van der Waals surface area (Å²) >= 11 is 0. The zero-order valence-electron chi connectivity index (χ0n) is 18.4. The molecule has 3 aromatic rings. The third kappa shape index (κ3) is 6.33. The van der Waals surface area contributed by atoms with Gasteiger partial charge in [0.05, 0.1) is 33.8 Å². The lowest BCUT2D eigenvalue weighted by Crippen LogP contribution is -3.05. The Morgan fingerprint density at radius 2 is 1.90 bits per heavy atom. The molecule has 1 aromatic heterocycles. The molecule has 0 aliphatic rings. The Hall–Kier alpha value is -3.32. The third-order valence-corrected chi connectivity index (χ3v) is 4.98. The van der Waals surface area contributed by atoms with Crippen LogP contribution >= 0.6 is 0 Å². The monoisotopic (exact) mass is 423 g/mol. The van der Waals surface area contributed by atoms with E-state index in [1.165, 1.54) is 4.90 Å². The van der Waals surface area contributed by atoms with E-state index >= 15 is 0 Å². The first-order chi connectivity index (χ1) is 15.0. The number of ether oxygens (including phenoxy) is 1. The number of H-pyrrole nitrogens is 1. The van der Waals surface area contributed by atoms with Gasteiger partial charge in [-0.05, 0) is 43.3 Å². The number of hydrogen-bond donors (Lipinski definition) is 3. The molecule has 0 atom stereocenters. The minimum atomic E-state index is -0.220. The van der Waals surface area contributed by atoms with Crippen molar-refractivity contribution in [3.8, 4) is 5.75 Å². The van der Waals surface area contributed by atoms with Crippen LogP contribution in [-0.4, -0.2) is 49.7 Å². The predicted octanol–water partition coefficient (Wildman–Crippen LogP) is 2.50. The molecule has 0 spiro atoms. The number of amides is 2. The Morgan fingerprint density at radius 1 is 1.13 bits per heavy atom. The summed E-state index contributed by atoms with van der Waals surface area (Å²) in [7, 11) is 4.16. The number of nitrogens with zero attached hydrogens (tertiary/aromatic N) is 1. The molecule has 0 aliphatic heterocycles. The average Bonchev–Trinajstić information content (AvgIpc) is 2.74. The quantitative estimate of drug-likeness (QED) is 0.495. The molecule has 2 aromatic carbocycles. The minimum absolute atomic E-state index is 0.188. The van der Waals surface area contributed by atoms with Gasteiger partial charge in [-0.3, -0.25) is 4.79 Å². The molecule has 2 amide bonds. The van der Waals surface area contributed by atoms with Gasteiger partial charge < -0.3 is 24.8 Å². The van der Waals surface area contributed by atoms with Crippen LogP contribution in [0.3, 0.4) is 0 Å². The fraction of sp³-hybridized carbons (Fsp3) is 0.333. The standard InChI is InChI=1S/C24H30N4O3/c1-4-31-21-11-12-22-18(16-21)15-19(23(29)26-22)17-28(14-8-13-27(2)3)24(30)25-20-9-6-5-7-10-20/h5-7,9-12,15-16H,4,8,13-14,17H2,1-3H3,(H,25,30)(H,26,29)/p+1. The molecule has 0 fully saturated rings. The molecule has 3 rings (SSSR count). The highest BCUT2D eigenvalue weighted by molar-refractivity contribution is 5.89. The normalized spacial score (nSPS) is 11.0. The van der Waals surface area contributed by atoms with E-state index in [1.54, 1.807) is 4.90 Å².